The quantitative estimate of drug-likeness (QED) is 0.661. The lowest BCUT2D eigenvalue weighted by Gasteiger charge is -2.31. The molecule has 0 aromatic heterocycles. The highest BCUT2D eigenvalue weighted by Gasteiger charge is 2.40. The molecule has 0 fully saturated rings. The van der Waals surface area contributed by atoms with Gasteiger partial charge >= 0.3 is 8.80 Å². The highest BCUT2D eigenvalue weighted by molar-refractivity contribution is 6.60. The summed E-state index contributed by atoms with van der Waals surface area (Å²) < 4.78 is 16.8. The van der Waals surface area contributed by atoms with Crippen LogP contribution in [-0.4, -0.2) is 41.2 Å². The predicted molar refractivity (Wildman–Crippen MR) is 93.8 cm³/mol. The molecule has 0 aliphatic rings. The molecule has 0 unspecified atom stereocenters. The molecule has 0 spiro atoms. The van der Waals surface area contributed by atoms with Gasteiger partial charge in [-0.15, -0.1) is 0 Å². The summed E-state index contributed by atoms with van der Waals surface area (Å²) in [4.78, 5) is 2.31. The molecule has 0 aliphatic carbocycles. The molecular formula is C18H25NO3Si. The molecule has 2 aromatic carbocycles. The van der Waals surface area contributed by atoms with Crippen molar-refractivity contribution in [3.63, 3.8) is 0 Å². The number of hydrogen-bond acceptors (Lipinski definition) is 4. The Hall–Kier alpha value is -1.50. The molecule has 23 heavy (non-hydrogen) atoms. The van der Waals surface area contributed by atoms with Gasteiger partial charge in [-0.2, -0.15) is 0 Å². The van der Waals surface area contributed by atoms with Crippen LogP contribution < -0.4 is 0 Å². The van der Waals surface area contributed by atoms with Crippen molar-refractivity contribution in [1.82, 2.24) is 4.90 Å². The predicted octanol–water partition coefficient (Wildman–Crippen LogP) is 3.11. The zero-order valence-corrected chi connectivity index (χ0v) is 15.1. The maximum atomic E-state index is 5.59. The molecule has 4 nitrogen and oxygen atoms in total. The number of benzene rings is 2. The fourth-order valence-electron chi connectivity index (χ4n) is 2.57. The van der Waals surface area contributed by atoms with E-state index >= 15 is 0 Å². The Balaban J connectivity index is 2.16. The van der Waals surface area contributed by atoms with Gasteiger partial charge in [-0.1, -0.05) is 60.7 Å². The summed E-state index contributed by atoms with van der Waals surface area (Å²) in [5.41, 5.74) is 2.52. The van der Waals surface area contributed by atoms with Gasteiger partial charge in [0.05, 0.1) is 6.17 Å². The molecule has 0 N–H and O–H groups in total. The van der Waals surface area contributed by atoms with Gasteiger partial charge in [0, 0.05) is 34.4 Å². The minimum Gasteiger partial charge on any atom is -0.376 e. The topological polar surface area (TPSA) is 30.9 Å². The Kier molecular flexibility index (Phi) is 6.95. The summed E-state index contributed by atoms with van der Waals surface area (Å²) in [7, 11) is 2.30. The third kappa shape index (κ3) is 5.26. The van der Waals surface area contributed by atoms with Crippen molar-refractivity contribution < 1.29 is 13.3 Å². The van der Waals surface area contributed by atoms with E-state index in [0.717, 1.165) is 13.1 Å². The van der Waals surface area contributed by atoms with Crippen molar-refractivity contribution in [2.45, 2.75) is 13.1 Å². The van der Waals surface area contributed by atoms with E-state index in [-0.39, 0.29) is 0 Å². The lowest BCUT2D eigenvalue weighted by Crippen LogP contribution is -2.53. The fourth-order valence-corrected chi connectivity index (χ4v) is 4.23. The van der Waals surface area contributed by atoms with Gasteiger partial charge in [-0.25, -0.2) is 0 Å². The summed E-state index contributed by atoms with van der Waals surface area (Å²) in [6.45, 7) is 1.64. The molecule has 0 heterocycles. The van der Waals surface area contributed by atoms with Crippen molar-refractivity contribution in [3.05, 3.63) is 71.8 Å². The Labute approximate surface area is 140 Å². The Morgan fingerprint density at radius 1 is 0.696 bits per heavy atom. The molecule has 5 heteroatoms. The summed E-state index contributed by atoms with van der Waals surface area (Å²) in [6.07, 6.45) is 0.639. The van der Waals surface area contributed by atoms with E-state index in [1.165, 1.54) is 11.1 Å². The molecule has 0 radical (unpaired) electrons. The molecule has 0 aliphatic heterocycles. The zero-order chi connectivity index (χ0) is 16.5. The second-order valence-electron chi connectivity index (χ2n) is 5.41. The smallest absolute Gasteiger partial charge is 0.376 e. The number of rotatable bonds is 9. The minimum absolute atomic E-state index is 0.639. The van der Waals surface area contributed by atoms with E-state index < -0.39 is 8.80 Å². The van der Waals surface area contributed by atoms with Crippen LogP contribution in [0.1, 0.15) is 11.1 Å². The van der Waals surface area contributed by atoms with Crippen LogP contribution in [0.5, 0.6) is 0 Å². The first-order valence-electron chi connectivity index (χ1n) is 7.67. The van der Waals surface area contributed by atoms with Crippen molar-refractivity contribution in [3.8, 4) is 0 Å². The van der Waals surface area contributed by atoms with Crippen LogP contribution in [0, 0.1) is 0 Å². The summed E-state index contributed by atoms with van der Waals surface area (Å²) in [5.74, 6) is 0. The normalized spacial score (nSPS) is 11.8. The van der Waals surface area contributed by atoms with E-state index in [9.17, 15) is 0 Å². The Morgan fingerprint density at radius 3 is 1.43 bits per heavy atom. The Morgan fingerprint density at radius 2 is 1.09 bits per heavy atom. The number of hydrogen-bond donors (Lipinski definition) is 0. The molecule has 0 bridgehead atoms. The zero-order valence-electron chi connectivity index (χ0n) is 14.1. The second kappa shape index (κ2) is 8.96. The van der Waals surface area contributed by atoms with Crippen LogP contribution >= 0.6 is 0 Å². The molecule has 124 valence electrons. The van der Waals surface area contributed by atoms with E-state index in [0.29, 0.717) is 6.17 Å². The number of nitrogens with zero attached hydrogens (tertiary/aromatic N) is 1. The van der Waals surface area contributed by atoms with Gasteiger partial charge in [-0.3, -0.25) is 4.90 Å². The van der Waals surface area contributed by atoms with Crippen LogP contribution in [0.4, 0.5) is 0 Å². The fraction of sp³-hybridized carbons (Fsp3) is 0.333. The van der Waals surface area contributed by atoms with Crippen LogP contribution in [0.2, 0.25) is 0 Å². The average Bonchev–Trinajstić information content (AvgIpc) is 2.61. The molecule has 0 atom stereocenters. The van der Waals surface area contributed by atoms with Crippen molar-refractivity contribution in [1.29, 1.82) is 0 Å². The van der Waals surface area contributed by atoms with Gasteiger partial charge in [0.15, 0.2) is 0 Å². The van der Waals surface area contributed by atoms with E-state index in [1.54, 1.807) is 21.3 Å². The SMILES string of the molecule is CO[Si](CN(Cc1ccccc1)Cc1ccccc1)(OC)OC. The van der Waals surface area contributed by atoms with Crippen molar-refractivity contribution >= 4 is 8.80 Å². The van der Waals surface area contributed by atoms with Crippen LogP contribution in [0.15, 0.2) is 60.7 Å². The van der Waals surface area contributed by atoms with Crippen LogP contribution in [-0.2, 0) is 26.4 Å². The summed E-state index contributed by atoms with van der Waals surface area (Å²) in [5, 5.41) is 0. The van der Waals surface area contributed by atoms with E-state index in [4.69, 9.17) is 13.3 Å². The summed E-state index contributed by atoms with van der Waals surface area (Å²) in [6, 6.07) is 20.8. The highest BCUT2D eigenvalue weighted by Crippen LogP contribution is 2.15. The monoisotopic (exact) mass is 331 g/mol. The van der Waals surface area contributed by atoms with Gasteiger partial charge in [0.1, 0.15) is 0 Å². The lowest BCUT2D eigenvalue weighted by molar-refractivity contribution is 0.0993. The maximum Gasteiger partial charge on any atom is 0.514 e. The molecule has 0 saturated heterocycles. The first-order valence-corrected chi connectivity index (χ1v) is 9.60. The lowest BCUT2D eigenvalue weighted by atomic mass is 10.2. The maximum absolute atomic E-state index is 5.59. The van der Waals surface area contributed by atoms with Gasteiger partial charge < -0.3 is 13.3 Å². The van der Waals surface area contributed by atoms with Gasteiger partial charge in [0.25, 0.3) is 0 Å². The van der Waals surface area contributed by atoms with Crippen LogP contribution in [0.3, 0.4) is 0 Å². The largest absolute Gasteiger partial charge is 0.514 e. The molecule has 0 saturated carbocycles. The van der Waals surface area contributed by atoms with Gasteiger partial charge in [-0.05, 0) is 11.1 Å². The first-order chi connectivity index (χ1) is 11.2. The second-order valence-corrected chi connectivity index (χ2v) is 8.32. The average molecular weight is 331 g/mol. The molecular weight excluding hydrogens is 306 g/mol. The third-order valence-corrected chi connectivity index (χ3v) is 6.55. The summed E-state index contributed by atoms with van der Waals surface area (Å²) >= 11 is 0. The highest BCUT2D eigenvalue weighted by atomic mass is 28.4. The standard InChI is InChI=1S/C18H25NO3Si/c1-20-23(21-2,22-3)16-19(14-17-10-6-4-7-11-17)15-18-12-8-5-9-13-18/h4-13H,14-16H2,1-3H3. The van der Waals surface area contributed by atoms with Crippen LogP contribution in [0.25, 0.3) is 0 Å². The van der Waals surface area contributed by atoms with Gasteiger partial charge in [0.2, 0.25) is 0 Å². The van der Waals surface area contributed by atoms with Crippen molar-refractivity contribution in [2.75, 3.05) is 27.5 Å². The molecule has 2 rings (SSSR count). The molecule has 2 aromatic rings. The minimum atomic E-state index is -2.66. The first kappa shape index (κ1) is 17.8. The molecule has 0 amide bonds. The third-order valence-electron chi connectivity index (χ3n) is 3.85. The van der Waals surface area contributed by atoms with Crippen molar-refractivity contribution in [2.24, 2.45) is 0 Å². The van der Waals surface area contributed by atoms with E-state index in [2.05, 4.69) is 53.4 Å². The van der Waals surface area contributed by atoms with E-state index in [1.807, 2.05) is 12.1 Å². The Bertz CT molecular complexity index is 511.